The van der Waals surface area contributed by atoms with Gasteiger partial charge in [0.2, 0.25) is 0 Å². The first-order valence-electron chi connectivity index (χ1n) is 12.6. The summed E-state index contributed by atoms with van der Waals surface area (Å²) < 4.78 is 1.29. The smallest absolute Gasteiger partial charge is 0.0880 e. The first kappa shape index (κ1) is 24.0. The van der Waals surface area contributed by atoms with Crippen LogP contribution in [0.25, 0.3) is 42.6 Å². The average molecular weight is 494 g/mol. The minimum absolute atomic E-state index is 0.451. The van der Waals surface area contributed by atoms with Crippen LogP contribution in [-0.2, 0) is 0 Å². The second kappa shape index (κ2) is 8.72. The van der Waals surface area contributed by atoms with E-state index in [1.807, 2.05) is 17.5 Å². The zero-order valence-electron chi connectivity index (χ0n) is 22.2. The van der Waals surface area contributed by atoms with E-state index in [0.29, 0.717) is 5.92 Å². The molecule has 0 atom stereocenters. The maximum Gasteiger partial charge on any atom is 0.0880 e. The summed E-state index contributed by atoms with van der Waals surface area (Å²) >= 11 is 1.90. The van der Waals surface area contributed by atoms with Crippen LogP contribution in [0, 0.1) is 20.8 Å². The summed E-state index contributed by atoms with van der Waals surface area (Å²) in [6.07, 6.45) is 1.98. The van der Waals surface area contributed by atoms with E-state index >= 15 is 0 Å². The highest BCUT2D eigenvalue weighted by molar-refractivity contribution is 7.23. The molecule has 0 aliphatic heterocycles. The molecule has 35 heavy (non-hydrogen) atoms. The molecule has 0 aliphatic rings. The highest BCUT2D eigenvalue weighted by Crippen LogP contribution is 2.43. The van der Waals surface area contributed by atoms with Crippen molar-refractivity contribution in [1.82, 2.24) is 4.98 Å². The molecule has 0 unspecified atom stereocenters. The third kappa shape index (κ3) is 4.26. The lowest BCUT2D eigenvalue weighted by Crippen LogP contribution is -2.37. The number of thiophene rings is 1. The van der Waals surface area contributed by atoms with Crippen LogP contribution in [-0.4, -0.2) is 13.1 Å². The quantitative estimate of drug-likeness (QED) is 0.227. The Balaban J connectivity index is 1.72. The van der Waals surface area contributed by atoms with Crippen LogP contribution in [0.4, 0.5) is 0 Å². The van der Waals surface area contributed by atoms with Crippen molar-refractivity contribution in [3.05, 3.63) is 83.0 Å². The van der Waals surface area contributed by atoms with Crippen molar-refractivity contribution >= 4 is 45.5 Å². The Kier molecular flexibility index (Phi) is 5.97. The van der Waals surface area contributed by atoms with Crippen LogP contribution in [0.15, 0.2) is 60.8 Å². The average Bonchev–Trinajstić information content (AvgIpc) is 3.14. The summed E-state index contributed by atoms with van der Waals surface area (Å²) in [6, 6.07) is 20.8. The van der Waals surface area contributed by atoms with Gasteiger partial charge in [0.1, 0.15) is 0 Å². The Labute approximate surface area is 214 Å². The van der Waals surface area contributed by atoms with Gasteiger partial charge in [-0.3, -0.25) is 4.98 Å². The van der Waals surface area contributed by atoms with E-state index in [2.05, 4.69) is 109 Å². The summed E-state index contributed by atoms with van der Waals surface area (Å²) in [5.74, 6) is 0.451. The van der Waals surface area contributed by atoms with Crippen molar-refractivity contribution < 1.29 is 0 Å². The van der Waals surface area contributed by atoms with Gasteiger partial charge in [0.05, 0.1) is 18.5 Å². The molecule has 0 aliphatic carbocycles. The van der Waals surface area contributed by atoms with Gasteiger partial charge in [-0.05, 0) is 83.3 Å². The molecule has 3 heteroatoms. The third-order valence-electron chi connectivity index (χ3n) is 7.23. The van der Waals surface area contributed by atoms with E-state index in [-0.39, 0.29) is 0 Å². The Hall–Kier alpha value is -2.75. The van der Waals surface area contributed by atoms with Crippen molar-refractivity contribution in [2.75, 3.05) is 0 Å². The van der Waals surface area contributed by atoms with Crippen molar-refractivity contribution in [2.45, 2.75) is 60.2 Å². The maximum atomic E-state index is 4.93. The second-order valence-corrected chi connectivity index (χ2v) is 17.4. The normalized spacial score (nSPS) is 12.3. The molecule has 0 amide bonds. The number of pyridine rings is 1. The molecule has 0 radical (unpaired) electrons. The zero-order chi connectivity index (χ0) is 25.1. The fraction of sp³-hybridized carbons (Fsp3) is 0.281. The SMILES string of the molecule is Cc1ccc2cc(-c3nccc4c(C)c(-c5ccc([Si](C)(C)C)cc5C)sc34)cc(C(C)C)c2c1. The summed E-state index contributed by atoms with van der Waals surface area (Å²) in [5.41, 5.74) is 9.10. The predicted molar refractivity (Wildman–Crippen MR) is 159 cm³/mol. The van der Waals surface area contributed by atoms with Gasteiger partial charge in [0, 0.05) is 16.6 Å². The van der Waals surface area contributed by atoms with Crippen LogP contribution < -0.4 is 5.19 Å². The maximum absolute atomic E-state index is 4.93. The highest BCUT2D eigenvalue weighted by atomic mass is 32.1. The first-order valence-corrected chi connectivity index (χ1v) is 16.9. The minimum atomic E-state index is -1.33. The molecule has 5 rings (SSSR count). The van der Waals surface area contributed by atoms with Crippen LogP contribution in [0.1, 0.15) is 42.0 Å². The van der Waals surface area contributed by atoms with E-state index < -0.39 is 8.07 Å². The van der Waals surface area contributed by atoms with Gasteiger partial charge in [0.25, 0.3) is 0 Å². The van der Waals surface area contributed by atoms with E-state index in [9.17, 15) is 0 Å². The number of benzene rings is 3. The summed E-state index contributed by atoms with van der Waals surface area (Å²) in [5, 5.41) is 5.49. The minimum Gasteiger partial charge on any atom is -0.255 e. The standard InChI is InChI=1S/C32H35NSSi/c1-19(2)28-18-24(17-23-10-9-20(3)15-29(23)28)30-32-27(13-14-33-30)22(5)31(34-32)26-12-11-25(16-21(26)4)35(6,7)8/h9-19H,1-8H3. The first-order chi connectivity index (χ1) is 16.5. The van der Waals surface area contributed by atoms with Crippen LogP contribution in [0.2, 0.25) is 19.6 Å². The molecule has 178 valence electrons. The van der Waals surface area contributed by atoms with Gasteiger partial charge in [0.15, 0.2) is 0 Å². The molecule has 3 aromatic carbocycles. The Bertz CT molecular complexity index is 1580. The Morgan fingerprint density at radius 2 is 1.60 bits per heavy atom. The Morgan fingerprint density at radius 1 is 0.829 bits per heavy atom. The predicted octanol–water partition coefficient (Wildman–Crippen LogP) is 9.38. The topological polar surface area (TPSA) is 12.9 Å². The number of aromatic nitrogens is 1. The van der Waals surface area contributed by atoms with Crippen molar-refractivity contribution in [3.63, 3.8) is 0 Å². The van der Waals surface area contributed by atoms with Gasteiger partial charge in [-0.25, -0.2) is 0 Å². The molecule has 0 N–H and O–H groups in total. The van der Waals surface area contributed by atoms with Crippen LogP contribution >= 0.6 is 11.3 Å². The number of rotatable bonds is 4. The Morgan fingerprint density at radius 3 is 2.29 bits per heavy atom. The van der Waals surface area contributed by atoms with Crippen molar-refractivity contribution in [2.24, 2.45) is 0 Å². The summed E-state index contributed by atoms with van der Waals surface area (Å²) in [7, 11) is -1.33. The van der Waals surface area contributed by atoms with Gasteiger partial charge in [-0.15, -0.1) is 11.3 Å². The van der Waals surface area contributed by atoms with Crippen LogP contribution in [0.3, 0.4) is 0 Å². The zero-order valence-corrected chi connectivity index (χ0v) is 24.0. The number of nitrogens with zero attached hydrogens (tertiary/aromatic N) is 1. The van der Waals surface area contributed by atoms with E-state index in [0.717, 1.165) is 5.69 Å². The molecule has 0 spiro atoms. The fourth-order valence-corrected chi connectivity index (χ4v) is 7.75. The highest BCUT2D eigenvalue weighted by Gasteiger charge is 2.20. The van der Waals surface area contributed by atoms with Gasteiger partial charge >= 0.3 is 0 Å². The molecular weight excluding hydrogens is 459 g/mol. The lowest BCUT2D eigenvalue weighted by atomic mass is 9.91. The number of aryl methyl sites for hydroxylation is 3. The van der Waals surface area contributed by atoms with Gasteiger partial charge in [-0.2, -0.15) is 0 Å². The lowest BCUT2D eigenvalue weighted by molar-refractivity contribution is 0.876. The van der Waals surface area contributed by atoms with E-state index in [4.69, 9.17) is 4.98 Å². The van der Waals surface area contributed by atoms with Gasteiger partial charge in [-0.1, -0.05) is 80.6 Å². The number of hydrogen-bond acceptors (Lipinski definition) is 2. The molecular formula is C32H35NSSi. The molecule has 2 heterocycles. The molecule has 1 nitrogen and oxygen atoms in total. The largest absolute Gasteiger partial charge is 0.255 e. The lowest BCUT2D eigenvalue weighted by Gasteiger charge is -2.18. The molecule has 0 fully saturated rings. The monoisotopic (exact) mass is 493 g/mol. The van der Waals surface area contributed by atoms with Crippen molar-refractivity contribution in [3.8, 4) is 21.7 Å². The summed E-state index contributed by atoms with van der Waals surface area (Å²) in [6.45, 7) is 18.5. The third-order valence-corrected chi connectivity index (χ3v) is 10.6. The molecule has 0 bridgehead atoms. The molecule has 0 saturated carbocycles. The molecule has 2 aromatic heterocycles. The fourth-order valence-electron chi connectivity index (χ4n) is 5.11. The van der Waals surface area contributed by atoms with Gasteiger partial charge < -0.3 is 0 Å². The van der Waals surface area contributed by atoms with E-state index in [1.54, 1.807) is 0 Å². The molecule has 5 aromatic rings. The second-order valence-electron chi connectivity index (χ2n) is 11.3. The number of hydrogen-bond donors (Lipinski definition) is 0. The van der Waals surface area contributed by atoms with Crippen LogP contribution in [0.5, 0.6) is 0 Å². The summed E-state index contributed by atoms with van der Waals surface area (Å²) in [4.78, 5) is 6.30. The number of fused-ring (bicyclic) bond motifs is 2. The van der Waals surface area contributed by atoms with E-state index in [1.165, 1.54) is 64.3 Å². The molecule has 0 saturated heterocycles. The van der Waals surface area contributed by atoms with Crippen molar-refractivity contribution in [1.29, 1.82) is 0 Å².